The highest BCUT2D eigenvalue weighted by atomic mass is 35.5. The summed E-state index contributed by atoms with van der Waals surface area (Å²) in [5.74, 6) is 1.32. The fourth-order valence-corrected chi connectivity index (χ4v) is 3.57. The molecule has 1 atom stereocenters. The Bertz CT molecular complexity index is 726. The summed E-state index contributed by atoms with van der Waals surface area (Å²) in [4.78, 5) is 5.99. The third-order valence-corrected chi connectivity index (χ3v) is 4.86. The molecule has 3 rings (SSSR count). The minimum absolute atomic E-state index is 0.218. The molecule has 0 spiro atoms. The average Bonchev–Trinajstić information content (AvgIpc) is 3.14. The van der Waals surface area contributed by atoms with E-state index in [9.17, 15) is 0 Å². The summed E-state index contributed by atoms with van der Waals surface area (Å²) >= 11 is 7.86. The van der Waals surface area contributed by atoms with Gasteiger partial charge in [-0.25, -0.2) is 9.67 Å². The van der Waals surface area contributed by atoms with Gasteiger partial charge in [0.2, 0.25) is 0 Å². The van der Waals surface area contributed by atoms with Crippen LogP contribution in [-0.4, -0.2) is 19.3 Å². The Labute approximate surface area is 127 Å². The first kappa shape index (κ1) is 13.6. The van der Waals surface area contributed by atoms with E-state index in [0.29, 0.717) is 5.88 Å². The standard InChI is InChI=1S/C14H17ClN4S/c1-4-18-14-13(9(2)17-18)16-12(8-15)19(14)10(3)11-6-5-7-20-11/h5-7,10H,4,8H2,1-3H3. The van der Waals surface area contributed by atoms with Crippen molar-refractivity contribution in [3.63, 3.8) is 0 Å². The minimum atomic E-state index is 0.218. The molecule has 20 heavy (non-hydrogen) atoms. The van der Waals surface area contributed by atoms with Crippen LogP contribution in [-0.2, 0) is 12.4 Å². The molecule has 1 unspecified atom stereocenters. The first-order chi connectivity index (χ1) is 9.67. The maximum atomic E-state index is 6.10. The van der Waals surface area contributed by atoms with Gasteiger partial charge in [0.15, 0.2) is 5.65 Å². The zero-order valence-electron chi connectivity index (χ0n) is 11.8. The van der Waals surface area contributed by atoms with Crippen molar-refractivity contribution in [2.75, 3.05) is 0 Å². The highest BCUT2D eigenvalue weighted by molar-refractivity contribution is 7.10. The topological polar surface area (TPSA) is 35.6 Å². The first-order valence-corrected chi connectivity index (χ1v) is 8.12. The summed E-state index contributed by atoms with van der Waals surface area (Å²) in [5, 5.41) is 6.66. The highest BCUT2D eigenvalue weighted by Gasteiger charge is 2.22. The molecule has 3 heterocycles. The van der Waals surface area contributed by atoms with Gasteiger partial charge >= 0.3 is 0 Å². The number of hydrogen-bond acceptors (Lipinski definition) is 3. The third kappa shape index (κ3) is 1.96. The van der Waals surface area contributed by atoms with E-state index in [1.165, 1.54) is 4.88 Å². The number of fused-ring (bicyclic) bond motifs is 1. The van der Waals surface area contributed by atoms with Gasteiger partial charge in [0, 0.05) is 11.4 Å². The van der Waals surface area contributed by atoms with Crippen molar-refractivity contribution in [3.05, 3.63) is 33.9 Å². The van der Waals surface area contributed by atoms with E-state index in [4.69, 9.17) is 11.6 Å². The Morgan fingerprint density at radius 3 is 2.85 bits per heavy atom. The van der Waals surface area contributed by atoms with Crippen molar-refractivity contribution in [1.29, 1.82) is 0 Å². The van der Waals surface area contributed by atoms with Crippen molar-refractivity contribution in [3.8, 4) is 0 Å². The summed E-state index contributed by atoms with van der Waals surface area (Å²) in [6.45, 7) is 7.11. The molecule has 0 amide bonds. The van der Waals surface area contributed by atoms with Crippen LogP contribution in [0.15, 0.2) is 17.5 Å². The van der Waals surface area contributed by atoms with Crippen molar-refractivity contribution < 1.29 is 0 Å². The van der Waals surface area contributed by atoms with E-state index >= 15 is 0 Å². The van der Waals surface area contributed by atoms with E-state index in [2.05, 4.69) is 46.0 Å². The Hall–Kier alpha value is -1.33. The van der Waals surface area contributed by atoms with E-state index < -0.39 is 0 Å². The van der Waals surface area contributed by atoms with Gasteiger partial charge in [-0.2, -0.15) is 5.10 Å². The number of nitrogens with zero attached hydrogens (tertiary/aromatic N) is 4. The second-order valence-corrected chi connectivity index (χ2v) is 6.04. The van der Waals surface area contributed by atoms with E-state index in [1.54, 1.807) is 11.3 Å². The third-order valence-electron chi connectivity index (χ3n) is 3.58. The molecule has 0 N–H and O–H groups in total. The Kier molecular flexibility index (Phi) is 3.56. The first-order valence-electron chi connectivity index (χ1n) is 6.71. The Morgan fingerprint density at radius 2 is 2.25 bits per heavy atom. The number of alkyl halides is 1. The van der Waals surface area contributed by atoms with Crippen LogP contribution in [0.4, 0.5) is 0 Å². The lowest BCUT2D eigenvalue weighted by Crippen LogP contribution is -2.12. The van der Waals surface area contributed by atoms with Crippen LogP contribution in [0.3, 0.4) is 0 Å². The second-order valence-electron chi connectivity index (χ2n) is 4.80. The summed E-state index contributed by atoms with van der Waals surface area (Å²) in [6.07, 6.45) is 0. The number of halogens is 1. The van der Waals surface area contributed by atoms with E-state index in [1.807, 2.05) is 11.6 Å². The normalized spacial score (nSPS) is 13.2. The summed E-state index contributed by atoms with van der Waals surface area (Å²) in [7, 11) is 0. The van der Waals surface area contributed by atoms with Crippen LogP contribution in [0.25, 0.3) is 11.2 Å². The molecule has 0 fully saturated rings. The quantitative estimate of drug-likeness (QED) is 0.684. The molecule has 0 radical (unpaired) electrons. The second kappa shape index (κ2) is 5.22. The van der Waals surface area contributed by atoms with Crippen molar-refractivity contribution >= 4 is 34.1 Å². The zero-order valence-corrected chi connectivity index (χ0v) is 13.4. The lowest BCUT2D eigenvalue weighted by Gasteiger charge is -2.16. The SMILES string of the molecule is CCn1nc(C)c2nc(CCl)n(C(C)c3cccs3)c21. The molecule has 0 aliphatic carbocycles. The number of aryl methyl sites for hydroxylation is 2. The van der Waals surface area contributed by atoms with Crippen LogP contribution in [0, 0.1) is 6.92 Å². The molecule has 6 heteroatoms. The number of aromatic nitrogens is 4. The molecule has 0 aromatic carbocycles. The maximum Gasteiger partial charge on any atom is 0.159 e. The summed E-state index contributed by atoms with van der Waals surface area (Å²) in [5.41, 5.74) is 3.00. The summed E-state index contributed by atoms with van der Waals surface area (Å²) < 4.78 is 4.23. The van der Waals surface area contributed by atoms with Gasteiger partial charge in [0.05, 0.1) is 17.6 Å². The number of hydrogen-bond donors (Lipinski definition) is 0. The number of imidazole rings is 1. The van der Waals surface area contributed by atoms with Crippen LogP contribution in [0.2, 0.25) is 0 Å². The molecule has 0 aliphatic rings. The largest absolute Gasteiger partial charge is 0.304 e. The van der Waals surface area contributed by atoms with Crippen molar-refractivity contribution in [1.82, 2.24) is 19.3 Å². The lowest BCUT2D eigenvalue weighted by molar-refractivity contribution is 0.593. The van der Waals surface area contributed by atoms with Crippen molar-refractivity contribution in [2.24, 2.45) is 0 Å². The molecule has 3 aromatic heterocycles. The van der Waals surface area contributed by atoms with E-state index in [0.717, 1.165) is 29.2 Å². The van der Waals surface area contributed by atoms with Gasteiger partial charge in [0.25, 0.3) is 0 Å². The van der Waals surface area contributed by atoms with E-state index in [-0.39, 0.29) is 6.04 Å². The fourth-order valence-electron chi connectivity index (χ4n) is 2.61. The number of rotatable bonds is 4. The van der Waals surface area contributed by atoms with Gasteiger partial charge in [-0.1, -0.05) is 6.07 Å². The molecule has 4 nitrogen and oxygen atoms in total. The minimum Gasteiger partial charge on any atom is -0.304 e. The molecule has 0 saturated carbocycles. The molecule has 0 aliphatic heterocycles. The molecular weight excluding hydrogens is 292 g/mol. The molecule has 3 aromatic rings. The molecule has 0 bridgehead atoms. The van der Waals surface area contributed by atoms with Crippen LogP contribution >= 0.6 is 22.9 Å². The molecular formula is C14H17ClN4S. The van der Waals surface area contributed by atoms with Crippen LogP contribution in [0.1, 0.15) is 36.3 Å². The fraction of sp³-hybridized carbons (Fsp3) is 0.429. The monoisotopic (exact) mass is 308 g/mol. The van der Waals surface area contributed by atoms with Crippen molar-refractivity contribution in [2.45, 2.75) is 39.2 Å². The molecule has 0 saturated heterocycles. The maximum absolute atomic E-state index is 6.10. The van der Waals surface area contributed by atoms with Crippen LogP contribution < -0.4 is 0 Å². The molecule has 106 valence electrons. The smallest absolute Gasteiger partial charge is 0.159 e. The predicted octanol–water partition coefficient (Wildman–Crippen LogP) is 3.97. The van der Waals surface area contributed by atoms with Crippen LogP contribution in [0.5, 0.6) is 0 Å². The van der Waals surface area contributed by atoms with Gasteiger partial charge in [0.1, 0.15) is 11.3 Å². The van der Waals surface area contributed by atoms with Gasteiger partial charge in [-0.3, -0.25) is 0 Å². The van der Waals surface area contributed by atoms with Gasteiger partial charge in [-0.15, -0.1) is 22.9 Å². The van der Waals surface area contributed by atoms with Gasteiger partial charge < -0.3 is 4.57 Å². The average molecular weight is 309 g/mol. The Balaban J connectivity index is 2.26. The van der Waals surface area contributed by atoms with Gasteiger partial charge in [-0.05, 0) is 32.2 Å². The zero-order chi connectivity index (χ0) is 14.3. The number of thiophene rings is 1. The summed E-state index contributed by atoms with van der Waals surface area (Å²) in [6, 6.07) is 4.45. The highest BCUT2D eigenvalue weighted by Crippen LogP contribution is 2.30. The lowest BCUT2D eigenvalue weighted by atomic mass is 10.2. The Morgan fingerprint density at radius 1 is 1.45 bits per heavy atom. The predicted molar refractivity (Wildman–Crippen MR) is 83.6 cm³/mol.